The first-order valence-electron chi connectivity index (χ1n) is 6.97. The molecule has 3 rings (SSSR count). The van der Waals surface area contributed by atoms with Crippen LogP contribution in [0.3, 0.4) is 0 Å². The van der Waals surface area contributed by atoms with Crippen molar-refractivity contribution in [1.82, 2.24) is 10.0 Å². The third-order valence-corrected chi connectivity index (χ3v) is 5.71. The van der Waals surface area contributed by atoms with E-state index in [1.54, 1.807) is 12.1 Å². The summed E-state index contributed by atoms with van der Waals surface area (Å²) in [6.45, 7) is 1.66. The largest absolute Gasteiger partial charge is 0.315 e. The fourth-order valence-electron chi connectivity index (χ4n) is 2.60. The second-order valence-electron chi connectivity index (χ2n) is 5.32. The minimum absolute atomic E-state index is 0.0237. The highest BCUT2D eigenvalue weighted by molar-refractivity contribution is 9.10. The van der Waals surface area contributed by atoms with Crippen molar-refractivity contribution in [2.24, 2.45) is 0 Å². The molecule has 1 aliphatic heterocycles. The van der Waals surface area contributed by atoms with E-state index < -0.39 is 10.0 Å². The number of benzene rings is 2. The fourth-order valence-corrected chi connectivity index (χ4v) is 4.29. The molecule has 21 heavy (non-hydrogen) atoms. The molecule has 1 unspecified atom stereocenters. The predicted molar refractivity (Wildman–Crippen MR) is 87.9 cm³/mol. The zero-order valence-corrected chi connectivity index (χ0v) is 13.9. The van der Waals surface area contributed by atoms with Gasteiger partial charge in [0.05, 0.1) is 4.90 Å². The van der Waals surface area contributed by atoms with Gasteiger partial charge in [-0.15, -0.1) is 0 Å². The van der Waals surface area contributed by atoms with Gasteiger partial charge in [-0.25, -0.2) is 13.1 Å². The Morgan fingerprint density at radius 3 is 2.67 bits per heavy atom. The first-order chi connectivity index (χ1) is 10.0. The fraction of sp³-hybridized carbons (Fsp3) is 0.333. The number of piperidine rings is 1. The number of hydrogen-bond donors (Lipinski definition) is 2. The van der Waals surface area contributed by atoms with Gasteiger partial charge in [-0.1, -0.05) is 28.1 Å². The van der Waals surface area contributed by atoms with Gasteiger partial charge in [0.1, 0.15) is 0 Å². The first kappa shape index (κ1) is 15.0. The molecule has 2 aromatic carbocycles. The zero-order valence-electron chi connectivity index (χ0n) is 11.5. The van der Waals surface area contributed by atoms with Gasteiger partial charge in [0, 0.05) is 17.1 Å². The lowest BCUT2D eigenvalue weighted by Gasteiger charge is -2.23. The summed E-state index contributed by atoms with van der Waals surface area (Å²) in [7, 11) is -3.46. The lowest BCUT2D eigenvalue weighted by molar-refractivity contribution is 0.428. The summed E-state index contributed by atoms with van der Waals surface area (Å²) in [6, 6.07) is 11.0. The predicted octanol–water partition coefficient (Wildman–Crippen LogP) is 2.63. The molecular formula is C15H17BrN2O2S. The molecule has 1 saturated heterocycles. The van der Waals surface area contributed by atoms with Gasteiger partial charge in [-0.3, -0.25) is 0 Å². The molecule has 6 heteroatoms. The van der Waals surface area contributed by atoms with Crippen molar-refractivity contribution in [2.75, 3.05) is 13.1 Å². The van der Waals surface area contributed by atoms with Crippen LogP contribution in [0.4, 0.5) is 0 Å². The molecule has 2 aromatic rings. The Morgan fingerprint density at radius 2 is 1.90 bits per heavy atom. The molecule has 112 valence electrons. The molecule has 0 amide bonds. The summed E-state index contributed by atoms with van der Waals surface area (Å²) in [6.07, 6.45) is 1.88. The van der Waals surface area contributed by atoms with Crippen LogP contribution in [0.5, 0.6) is 0 Å². The SMILES string of the molecule is O=S(=O)(NC1CCCNC1)c1ccc2cc(Br)ccc2c1. The number of fused-ring (bicyclic) bond motifs is 1. The van der Waals surface area contributed by atoms with E-state index in [-0.39, 0.29) is 6.04 Å². The molecule has 0 saturated carbocycles. The minimum Gasteiger partial charge on any atom is -0.315 e. The maximum atomic E-state index is 12.5. The lowest BCUT2D eigenvalue weighted by Crippen LogP contribution is -2.45. The molecule has 1 aliphatic rings. The van der Waals surface area contributed by atoms with E-state index >= 15 is 0 Å². The van der Waals surface area contributed by atoms with Gasteiger partial charge in [0.15, 0.2) is 0 Å². The van der Waals surface area contributed by atoms with Crippen molar-refractivity contribution in [3.63, 3.8) is 0 Å². The Hall–Kier alpha value is -0.950. The summed E-state index contributed by atoms with van der Waals surface area (Å²) in [4.78, 5) is 0.322. The average Bonchev–Trinajstić information content (AvgIpc) is 2.47. The van der Waals surface area contributed by atoms with Crippen molar-refractivity contribution in [1.29, 1.82) is 0 Å². The van der Waals surface area contributed by atoms with Crippen molar-refractivity contribution in [3.05, 3.63) is 40.9 Å². The van der Waals surface area contributed by atoms with Gasteiger partial charge in [0.25, 0.3) is 0 Å². The van der Waals surface area contributed by atoms with E-state index in [9.17, 15) is 8.42 Å². The Morgan fingerprint density at radius 1 is 1.14 bits per heavy atom. The zero-order chi connectivity index (χ0) is 14.9. The standard InChI is InChI=1S/C15H17BrN2O2S/c16-13-5-3-12-9-15(6-4-11(12)8-13)21(19,20)18-14-2-1-7-17-10-14/h3-6,8-9,14,17-18H,1-2,7,10H2. The van der Waals surface area contributed by atoms with Crippen molar-refractivity contribution >= 4 is 36.7 Å². The van der Waals surface area contributed by atoms with E-state index in [2.05, 4.69) is 26.0 Å². The second kappa shape index (κ2) is 6.04. The van der Waals surface area contributed by atoms with E-state index in [1.165, 1.54) is 0 Å². The molecule has 0 aliphatic carbocycles. The Kier molecular flexibility index (Phi) is 4.31. The van der Waals surface area contributed by atoms with Gasteiger partial charge in [-0.2, -0.15) is 0 Å². The van der Waals surface area contributed by atoms with Crippen LogP contribution < -0.4 is 10.0 Å². The highest BCUT2D eigenvalue weighted by Crippen LogP contribution is 2.23. The van der Waals surface area contributed by atoms with E-state index in [4.69, 9.17) is 0 Å². The summed E-state index contributed by atoms with van der Waals surface area (Å²) in [5, 5.41) is 5.15. The van der Waals surface area contributed by atoms with Crippen LogP contribution in [0.2, 0.25) is 0 Å². The van der Waals surface area contributed by atoms with Gasteiger partial charge in [-0.05, 0) is 54.4 Å². The number of sulfonamides is 1. The Bertz CT molecular complexity index is 755. The van der Waals surface area contributed by atoms with Crippen LogP contribution in [-0.4, -0.2) is 27.5 Å². The van der Waals surface area contributed by atoms with Crippen LogP contribution >= 0.6 is 15.9 Å². The Labute approximate surface area is 133 Å². The maximum absolute atomic E-state index is 12.5. The molecule has 1 fully saturated rings. The summed E-state index contributed by atoms with van der Waals surface area (Å²) in [5.41, 5.74) is 0. The van der Waals surface area contributed by atoms with Crippen molar-refractivity contribution in [3.8, 4) is 0 Å². The van der Waals surface area contributed by atoms with Crippen LogP contribution in [0.1, 0.15) is 12.8 Å². The molecule has 0 bridgehead atoms. The van der Waals surface area contributed by atoms with Crippen molar-refractivity contribution in [2.45, 2.75) is 23.8 Å². The summed E-state index contributed by atoms with van der Waals surface area (Å²) >= 11 is 3.42. The molecule has 2 N–H and O–H groups in total. The molecular weight excluding hydrogens is 352 g/mol. The normalized spacial score (nSPS) is 19.8. The first-order valence-corrected chi connectivity index (χ1v) is 9.25. The maximum Gasteiger partial charge on any atom is 0.240 e. The van der Waals surface area contributed by atoms with E-state index in [0.29, 0.717) is 11.4 Å². The molecule has 4 nitrogen and oxygen atoms in total. The molecule has 1 heterocycles. The van der Waals surface area contributed by atoms with Gasteiger partial charge < -0.3 is 5.32 Å². The Balaban J connectivity index is 1.89. The molecule has 0 spiro atoms. The second-order valence-corrected chi connectivity index (χ2v) is 7.95. The van der Waals surface area contributed by atoms with Crippen molar-refractivity contribution < 1.29 is 8.42 Å². The summed E-state index contributed by atoms with van der Waals surface area (Å²) < 4.78 is 28.7. The average molecular weight is 369 g/mol. The number of rotatable bonds is 3. The summed E-state index contributed by atoms with van der Waals surface area (Å²) in [5.74, 6) is 0. The number of nitrogens with one attached hydrogen (secondary N) is 2. The van der Waals surface area contributed by atoms with E-state index in [0.717, 1.165) is 34.6 Å². The number of halogens is 1. The highest BCUT2D eigenvalue weighted by Gasteiger charge is 2.21. The molecule has 0 aromatic heterocycles. The smallest absolute Gasteiger partial charge is 0.240 e. The third kappa shape index (κ3) is 3.45. The topological polar surface area (TPSA) is 58.2 Å². The van der Waals surface area contributed by atoms with Crippen LogP contribution in [0.25, 0.3) is 10.8 Å². The monoisotopic (exact) mass is 368 g/mol. The van der Waals surface area contributed by atoms with Gasteiger partial charge >= 0.3 is 0 Å². The minimum atomic E-state index is -3.46. The molecule has 0 radical (unpaired) electrons. The quantitative estimate of drug-likeness (QED) is 0.875. The van der Waals surface area contributed by atoms with E-state index in [1.807, 2.05) is 24.3 Å². The third-order valence-electron chi connectivity index (χ3n) is 3.70. The number of hydrogen-bond acceptors (Lipinski definition) is 3. The highest BCUT2D eigenvalue weighted by atomic mass is 79.9. The van der Waals surface area contributed by atoms with Crippen LogP contribution in [-0.2, 0) is 10.0 Å². The van der Waals surface area contributed by atoms with Crippen LogP contribution in [0, 0.1) is 0 Å². The van der Waals surface area contributed by atoms with Crippen LogP contribution in [0.15, 0.2) is 45.8 Å². The molecule has 1 atom stereocenters. The van der Waals surface area contributed by atoms with Gasteiger partial charge in [0.2, 0.25) is 10.0 Å². The lowest BCUT2D eigenvalue weighted by atomic mass is 10.1.